The fourth-order valence-corrected chi connectivity index (χ4v) is 3.40. The molecule has 2 aromatic heterocycles. The summed E-state index contributed by atoms with van der Waals surface area (Å²) in [5.41, 5.74) is 9.35. The van der Waals surface area contributed by atoms with Gasteiger partial charge in [-0.15, -0.1) is 0 Å². The molecule has 0 spiro atoms. The Hall–Kier alpha value is -3.74. The summed E-state index contributed by atoms with van der Waals surface area (Å²) in [4.78, 5) is 20.9. The van der Waals surface area contributed by atoms with E-state index >= 15 is 0 Å². The van der Waals surface area contributed by atoms with Crippen LogP contribution in [0.1, 0.15) is 27.2 Å². The van der Waals surface area contributed by atoms with Crippen molar-refractivity contribution in [3.63, 3.8) is 0 Å². The van der Waals surface area contributed by atoms with E-state index in [-0.39, 0.29) is 5.82 Å². The maximum atomic E-state index is 13.4. The number of benzene rings is 2. The first-order chi connectivity index (χ1) is 13.9. The van der Waals surface area contributed by atoms with E-state index in [1.807, 2.05) is 36.6 Å². The van der Waals surface area contributed by atoms with E-state index in [4.69, 9.17) is 5.73 Å². The van der Waals surface area contributed by atoms with Gasteiger partial charge in [-0.25, -0.2) is 9.37 Å². The molecule has 0 saturated carbocycles. The molecule has 0 aliphatic rings. The van der Waals surface area contributed by atoms with Crippen LogP contribution in [-0.2, 0) is 6.54 Å². The summed E-state index contributed by atoms with van der Waals surface area (Å²) >= 11 is 0. The van der Waals surface area contributed by atoms with E-state index in [0.717, 1.165) is 27.7 Å². The van der Waals surface area contributed by atoms with Gasteiger partial charge in [0.15, 0.2) is 0 Å². The van der Waals surface area contributed by atoms with Gasteiger partial charge in [0.25, 0.3) is 0 Å². The Kier molecular flexibility index (Phi) is 4.72. The average molecular weight is 389 g/mol. The Bertz CT molecular complexity index is 1230. The highest BCUT2D eigenvalue weighted by atomic mass is 19.1. The maximum absolute atomic E-state index is 13.4. The van der Waals surface area contributed by atoms with Gasteiger partial charge in [0.05, 0.1) is 5.52 Å². The Morgan fingerprint density at radius 2 is 1.97 bits per heavy atom. The van der Waals surface area contributed by atoms with Gasteiger partial charge in [-0.2, -0.15) is 4.98 Å². The summed E-state index contributed by atoms with van der Waals surface area (Å²) in [6.45, 7) is 4.27. The number of carbonyl (C=O) groups is 1. The lowest BCUT2D eigenvalue weighted by Gasteiger charge is -2.12. The number of rotatable bonds is 5. The minimum atomic E-state index is -0.477. The fourth-order valence-electron chi connectivity index (χ4n) is 3.40. The van der Waals surface area contributed by atoms with Crippen LogP contribution in [-0.4, -0.2) is 20.4 Å². The number of anilines is 1. The molecule has 0 radical (unpaired) electrons. The van der Waals surface area contributed by atoms with Crippen LogP contribution in [0.5, 0.6) is 0 Å². The summed E-state index contributed by atoms with van der Waals surface area (Å²) in [6, 6.07) is 13.7. The summed E-state index contributed by atoms with van der Waals surface area (Å²) in [6.07, 6.45) is 1.74. The topological polar surface area (TPSA) is 85.8 Å². The number of fused-ring (bicyclic) bond motifs is 1. The number of halogens is 1. The number of nitrogens with one attached hydrogen (secondary N) is 1. The number of primary amides is 1. The van der Waals surface area contributed by atoms with Crippen molar-refractivity contribution in [3.8, 4) is 5.95 Å². The van der Waals surface area contributed by atoms with E-state index in [2.05, 4.69) is 15.3 Å². The van der Waals surface area contributed by atoms with Gasteiger partial charge < -0.3 is 11.1 Å². The predicted octanol–water partition coefficient (Wildman–Crippen LogP) is 3.89. The molecule has 146 valence electrons. The Labute approximate surface area is 167 Å². The van der Waals surface area contributed by atoms with Crippen molar-refractivity contribution in [2.24, 2.45) is 5.73 Å². The SMILES string of the molecule is Cc1cnc(-n2c(C)cc3c(C(N)=O)cccc32)nc1NCc1cccc(F)c1. The molecule has 6 nitrogen and oxygen atoms in total. The number of aromatic nitrogens is 3. The average Bonchev–Trinajstić information content (AvgIpc) is 3.03. The second kappa shape index (κ2) is 7.35. The Balaban J connectivity index is 1.73. The van der Waals surface area contributed by atoms with Crippen LogP contribution in [0.2, 0.25) is 0 Å². The normalized spacial score (nSPS) is 11.0. The van der Waals surface area contributed by atoms with Crippen LogP contribution >= 0.6 is 0 Å². The Morgan fingerprint density at radius 1 is 1.17 bits per heavy atom. The predicted molar refractivity (Wildman–Crippen MR) is 111 cm³/mol. The zero-order valence-corrected chi connectivity index (χ0v) is 16.1. The van der Waals surface area contributed by atoms with Crippen LogP contribution in [0.4, 0.5) is 10.2 Å². The second-order valence-corrected chi connectivity index (χ2v) is 6.91. The van der Waals surface area contributed by atoms with E-state index in [0.29, 0.717) is 23.9 Å². The largest absolute Gasteiger partial charge is 0.366 e. The number of hydrogen-bond acceptors (Lipinski definition) is 4. The van der Waals surface area contributed by atoms with E-state index < -0.39 is 5.91 Å². The molecule has 4 aromatic rings. The lowest BCUT2D eigenvalue weighted by atomic mass is 10.1. The van der Waals surface area contributed by atoms with Crippen LogP contribution < -0.4 is 11.1 Å². The molecule has 29 heavy (non-hydrogen) atoms. The molecular formula is C22H20FN5O. The molecule has 2 heterocycles. The monoisotopic (exact) mass is 389 g/mol. The Morgan fingerprint density at radius 3 is 2.72 bits per heavy atom. The van der Waals surface area contributed by atoms with Gasteiger partial charge in [-0.1, -0.05) is 18.2 Å². The number of hydrogen-bond donors (Lipinski definition) is 2. The van der Waals surface area contributed by atoms with Crippen molar-refractivity contribution in [3.05, 3.63) is 82.9 Å². The van der Waals surface area contributed by atoms with E-state index in [1.54, 1.807) is 24.4 Å². The quantitative estimate of drug-likeness (QED) is 0.542. The van der Waals surface area contributed by atoms with Crippen LogP contribution in [0.25, 0.3) is 16.9 Å². The molecule has 0 atom stereocenters. The summed E-state index contributed by atoms with van der Waals surface area (Å²) in [7, 11) is 0. The second-order valence-electron chi connectivity index (χ2n) is 6.91. The molecule has 7 heteroatoms. The third kappa shape index (κ3) is 3.54. The molecule has 1 amide bonds. The van der Waals surface area contributed by atoms with E-state index in [9.17, 15) is 9.18 Å². The minimum Gasteiger partial charge on any atom is -0.366 e. The highest BCUT2D eigenvalue weighted by Crippen LogP contribution is 2.26. The highest BCUT2D eigenvalue weighted by molar-refractivity contribution is 6.06. The molecule has 0 saturated heterocycles. The summed E-state index contributed by atoms with van der Waals surface area (Å²) in [5, 5.41) is 4.01. The summed E-state index contributed by atoms with van der Waals surface area (Å²) in [5.74, 6) is 0.386. The number of aryl methyl sites for hydroxylation is 2. The van der Waals surface area contributed by atoms with Crippen molar-refractivity contribution >= 4 is 22.6 Å². The number of amides is 1. The number of nitrogens with two attached hydrogens (primary N) is 1. The lowest BCUT2D eigenvalue weighted by molar-refractivity contribution is 0.100. The zero-order chi connectivity index (χ0) is 20.5. The van der Waals surface area contributed by atoms with Crippen molar-refractivity contribution in [1.29, 1.82) is 0 Å². The van der Waals surface area contributed by atoms with Gasteiger partial charge in [0, 0.05) is 34.9 Å². The van der Waals surface area contributed by atoms with Gasteiger partial charge in [0.1, 0.15) is 11.6 Å². The smallest absolute Gasteiger partial charge is 0.249 e. The minimum absolute atomic E-state index is 0.274. The maximum Gasteiger partial charge on any atom is 0.249 e. The van der Waals surface area contributed by atoms with Gasteiger partial charge in [-0.05, 0) is 49.7 Å². The molecule has 0 aliphatic heterocycles. The molecule has 0 fully saturated rings. The molecule has 3 N–H and O–H groups in total. The van der Waals surface area contributed by atoms with Crippen molar-refractivity contribution in [2.45, 2.75) is 20.4 Å². The highest BCUT2D eigenvalue weighted by Gasteiger charge is 2.15. The van der Waals surface area contributed by atoms with Crippen molar-refractivity contribution in [1.82, 2.24) is 14.5 Å². The third-order valence-corrected chi connectivity index (χ3v) is 4.80. The number of nitrogens with zero attached hydrogens (tertiary/aromatic N) is 3. The third-order valence-electron chi connectivity index (χ3n) is 4.80. The van der Waals surface area contributed by atoms with Crippen LogP contribution in [0.15, 0.2) is 54.7 Å². The van der Waals surface area contributed by atoms with Gasteiger partial charge >= 0.3 is 0 Å². The van der Waals surface area contributed by atoms with Crippen LogP contribution in [0.3, 0.4) is 0 Å². The number of carbonyl (C=O) groups excluding carboxylic acids is 1. The molecular weight excluding hydrogens is 369 g/mol. The molecule has 2 aromatic carbocycles. The van der Waals surface area contributed by atoms with Gasteiger partial charge in [-0.3, -0.25) is 9.36 Å². The molecule has 4 rings (SSSR count). The standard InChI is InChI=1S/C22H20FN5O/c1-13-11-26-22(27-21(13)25-12-15-5-3-6-16(23)10-15)28-14(2)9-18-17(20(24)29)7-4-8-19(18)28/h3-11H,12H2,1-2H3,(H2,24,29)(H,25,26,27). The van der Waals surface area contributed by atoms with E-state index in [1.165, 1.54) is 12.1 Å². The van der Waals surface area contributed by atoms with Crippen molar-refractivity contribution in [2.75, 3.05) is 5.32 Å². The van der Waals surface area contributed by atoms with Crippen LogP contribution in [0, 0.1) is 19.7 Å². The first kappa shape index (κ1) is 18.6. The molecule has 0 aliphatic carbocycles. The zero-order valence-electron chi connectivity index (χ0n) is 16.1. The van der Waals surface area contributed by atoms with Crippen molar-refractivity contribution < 1.29 is 9.18 Å². The van der Waals surface area contributed by atoms with Gasteiger partial charge in [0.2, 0.25) is 11.9 Å². The fraction of sp³-hybridized carbons (Fsp3) is 0.136. The summed E-state index contributed by atoms with van der Waals surface area (Å²) < 4.78 is 15.3. The lowest BCUT2D eigenvalue weighted by Crippen LogP contribution is -2.11. The molecule has 0 bridgehead atoms. The molecule has 0 unspecified atom stereocenters. The first-order valence-electron chi connectivity index (χ1n) is 9.17. The first-order valence-corrected chi connectivity index (χ1v) is 9.17.